The summed E-state index contributed by atoms with van der Waals surface area (Å²) in [7, 11) is 0. The van der Waals surface area contributed by atoms with Crippen molar-refractivity contribution in [3.63, 3.8) is 0 Å². The van der Waals surface area contributed by atoms with Crippen molar-refractivity contribution in [2.24, 2.45) is 0 Å². The maximum absolute atomic E-state index is 12.5. The molecular weight excluding hydrogens is 400 g/mol. The third kappa shape index (κ3) is 4.72. The maximum atomic E-state index is 12.5. The molecule has 0 saturated carbocycles. The zero-order chi connectivity index (χ0) is 20.1. The number of thiophene rings is 1. The molecule has 2 amide bonds. The molecule has 0 atom stereocenters. The van der Waals surface area contributed by atoms with E-state index < -0.39 is 0 Å². The quantitative estimate of drug-likeness (QED) is 0.672. The average Bonchev–Trinajstić information content (AvgIpc) is 3.26. The number of ketones is 1. The lowest BCUT2D eigenvalue weighted by Crippen LogP contribution is -2.51. The van der Waals surface area contributed by atoms with E-state index in [-0.39, 0.29) is 24.2 Å². The van der Waals surface area contributed by atoms with Gasteiger partial charge in [0, 0.05) is 37.6 Å². The number of nitrogens with zero attached hydrogens (tertiary/aromatic N) is 2. The van der Waals surface area contributed by atoms with Crippen molar-refractivity contribution in [3.05, 3.63) is 51.2 Å². The lowest BCUT2D eigenvalue weighted by molar-refractivity contribution is -0.134. The number of carbonyl (C=O) groups excluding carboxylic acids is 3. The molecule has 1 aromatic heterocycles. The lowest BCUT2D eigenvalue weighted by atomic mass is 10.1. The van der Waals surface area contributed by atoms with Gasteiger partial charge in [0.1, 0.15) is 5.75 Å². The summed E-state index contributed by atoms with van der Waals surface area (Å²) in [6.07, 6.45) is 0.324. The monoisotopic (exact) mass is 420 g/mol. The number of rotatable bonds is 6. The number of amides is 2. The van der Waals surface area contributed by atoms with Gasteiger partial charge in [-0.15, -0.1) is 11.3 Å². The highest BCUT2D eigenvalue weighted by Gasteiger charge is 2.25. The van der Waals surface area contributed by atoms with Crippen LogP contribution in [-0.2, 0) is 4.79 Å². The van der Waals surface area contributed by atoms with Crippen molar-refractivity contribution in [1.29, 1.82) is 0 Å². The Morgan fingerprint density at radius 2 is 1.82 bits per heavy atom. The van der Waals surface area contributed by atoms with Gasteiger partial charge >= 0.3 is 0 Å². The van der Waals surface area contributed by atoms with Gasteiger partial charge in [-0.25, -0.2) is 0 Å². The molecule has 3 rings (SSSR count). The fraction of sp³-hybridized carbons (Fsp3) is 0.350. The Kier molecular flexibility index (Phi) is 6.70. The minimum atomic E-state index is -0.173. The molecule has 0 N–H and O–H groups in total. The number of halogens is 1. The Morgan fingerprint density at radius 1 is 1.11 bits per heavy atom. The van der Waals surface area contributed by atoms with Crippen molar-refractivity contribution < 1.29 is 19.1 Å². The molecule has 28 heavy (non-hydrogen) atoms. The first-order chi connectivity index (χ1) is 13.5. The second-order valence-corrected chi connectivity index (χ2v) is 7.74. The summed E-state index contributed by atoms with van der Waals surface area (Å²) in [5, 5.41) is 2.32. The number of benzene rings is 1. The van der Waals surface area contributed by atoms with E-state index in [1.807, 2.05) is 11.4 Å². The standard InChI is InChI=1S/C20H21ClN2O4S/c1-2-16(24)15-12-14(21)5-6-17(15)27-13-19(25)22-7-9-23(10-8-22)20(26)18-4-3-11-28-18/h3-6,11-12H,2,7-10,13H2,1H3. The fourth-order valence-electron chi connectivity index (χ4n) is 2.98. The molecular formula is C20H21ClN2O4S. The highest BCUT2D eigenvalue weighted by molar-refractivity contribution is 7.12. The zero-order valence-corrected chi connectivity index (χ0v) is 17.1. The van der Waals surface area contributed by atoms with Crippen LogP contribution in [0.3, 0.4) is 0 Å². The van der Waals surface area contributed by atoms with Crippen molar-refractivity contribution in [1.82, 2.24) is 9.80 Å². The molecule has 148 valence electrons. The number of Topliss-reactive ketones (excluding diaryl/α,β-unsaturated/α-hetero) is 1. The second-order valence-electron chi connectivity index (χ2n) is 6.36. The molecule has 2 aromatic rings. The minimum absolute atomic E-state index is 0.00207. The summed E-state index contributed by atoms with van der Waals surface area (Å²) in [6.45, 7) is 3.49. The van der Waals surface area contributed by atoms with E-state index in [0.29, 0.717) is 53.8 Å². The minimum Gasteiger partial charge on any atom is -0.483 e. The van der Waals surface area contributed by atoms with Gasteiger partial charge in [-0.3, -0.25) is 14.4 Å². The van der Waals surface area contributed by atoms with E-state index in [0.717, 1.165) is 0 Å². The Labute approximate surface area is 172 Å². The molecule has 8 heteroatoms. The van der Waals surface area contributed by atoms with Crippen LogP contribution in [0.1, 0.15) is 33.4 Å². The van der Waals surface area contributed by atoms with Crippen LogP contribution in [0.5, 0.6) is 5.75 Å². The van der Waals surface area contributed by atoms with E-state index in [9.17, 15) is 14.4 Å². The maximum Gasteiger partial charge on any atom is 0.264 e. The number of hydrogen-bond acceptors (Lipinski definition) is 5. The summed E-state index contributed by atoms with van der Waals surface area (Å²) < 4.78 is 5.61. The molecule has 0 bridgehead atoms. The largest absolute Gasteiger partial charge is 0.483 e. The Morgan fingerprint density at radius 3 is 2.46 bits per heavy atom. The normalized spacial score (nSPS) is 14.1. The predicted molar refractivity (Wildman–Crippen MR) is 108 cm³/mol. The van der Waals surface area contributed by atoms with Crippen LogP contribution in [0.25, 0.3) is 0 Å². The van der Waals surface area contributed by atoms with Crippen LogP contribution in [0.15, 0.2) is 35.7 Å². The van der Waals surface area contributed by atoms with Crippen molar-refractivity contribution >= 4 is 40.5 Å². The Hall–Kier alpha value is -2.38. The highest BCUT2D eigenvalue weighted by Crippen LogP contribution is 2.24. The first-order valence-corrected chi connectivity index (χ1v) is 10.3. The molecule has 1 aromatic carbocycles. The average molecular weight is 421 g/mol. The van der Waals surface area contributed by atoms with Gasteiger partial charge in [-0.05, 0) is 29.6 Å². The van der Waals surface area contributed by atoms with Gasteiger partial charge in [0.2, 0.25) is 0 Å². The zero-order valence-electron chi connectivity index (χ0n) is 15.5. The molecule has 1 aliphatic rings. The third-order valence-corrected chi connectivity index (χ3v) is 5.66. The molecule has 1 aliphatic heterocycles. The summed E-state index contributed by atoms with van der Waals surface area (Å²) in [4.78, 5) is 41.1. The van der Waals surface area contributed by atoms with Crippen molar-refractivity contribution in [2.75, 3.05) is 32.8 Å². The fourth-order valence-corrected chi connectivity index (χ4v) is 3.85. The lowest BCUT2D eigenvalue weighted by Gasteiger charge is -2.34. The van der Waals surface area contributed by atoms with E-state index in [1.165, 1.54) is 11.3 Å². The van der Waals surface area contributed by atoms with Crippen LogP contribution in [-0.4, -0.2) is 60.2 Å². The van der Waals surface area contributed by atoms with Crippen molar-refractivity contribution in [2.45, 2.75) is 13.3 Å². The summed E-state index contributed by atoms with van der Waals surface area (Å²) in [5.41, 5.74) is 0.383. The molecule has 6 nitrogen and oxygen atoms in total. The molecule has 0 radical (unpaired) electrons. The highest BCUT2D eigenvalue weighted by atomic mass is 35.5. The van der Waals surface area contributed by atoms with E-state index in [1.54, 1.807) is 41.0 Å². The van der Waals surface area contributed by atoms with Gasteiger partial charge in [-0.2, -0.15) is 0 Å². The third-order valence-electron chi connectivity index (χ3n) is 4.57. The van der Waals surface area contributed by atoms with Crippen LogP contribution < -0.4 is 4.74 Å². The smallest absolute Gasteiger partial charge is 0.264 e. The summed E-state index contributed by atoms with van der Waals surface area (Å²) >= 11 is 7.38. The molecule has 0 aliphatic carbocycles. The Bertz CT molecular complexity index is 861. The van der Waals surface area contributed by atoms with Crippen LogP contribution in [0, 0.1) is 0 Å². The number of ether oxygens (including phenoxy) is 1. The van der Waals surface area contributed by atoms with E-state index in [4.69, 9.17) is 16.3 Å². The van der Waals surface area contributed by atoms with Gasteiger partial charge in [-0.1, -0.05) is 24.6 Å². The van der Waals surface area contributed by atoms with Crippen LogP contribution in [0.4, 0.5) is 0 Å². The van der Waals surface area contributed by atoms with Gasteiger partial charge < -0.3 is 14.5 Å². The number of piperazine rings is 1. The number of hydrogen-bond donors (Lipinski definition) is 0. The van der Waals surface area contributed by atoms with Crippen molar-refractivity contribution in [3.8, 4) is 5.75 Å². The van der Waals surface area contributed by atoms with Gasteiger partial charge in [0.15, 0.2) is 12.4 Å². The van der Waals surface area contributed by atoms with Gasteiger partial charge in [0.05, 0.1) is 10.4 Å². The van der Waals surface area contributed by atoms with E-state index >= 15 is 0 Å². The first kappa shape index (κ1) is 20.4. The summed E-state index contributed by atoms with van der Waals surface area (Å²) in [5.74, 6) is 0.0945. The van der Waals surface area contributed by atoms with Crippen LogP contribution in [0.2, 0.25) is 5.02 Å². The molecule has 0 unspecified atom stereocenters. The van der Waals surface area contributed by atoms with Gasteiger partial charge in [0.25, 0.3) is 11.8 Å². The topological polar surface area (TPSA) is 66.9 Å². The predicted octanol–water partition coefficient (Wildman–Crippen LogP) is 3.36. The number of carbonyl (C=O) groups is 3. The van der Waals surface area contributed by atoms with E-state index in [2.05, 4.69) is 0 Å². The molecule has 1 fully saturated rings. The second kappa shape index (κ2) is 9.21. The molecule has 1 saturated heterocycles. The Balaban J connectivity index is 1.54. The first-order valence-electron chi connectivity index (χ1n) is 9.05. The summed E-state index contributed by atoms with van der Waals surface area (Å²) in [6, 6.07) is 8.45. The molecule has 0 spiro atoms. The van der Waals surface area contributed by atoms with Crippen LogP contribution >= 0.6 is 22.9 Å². The molecule has 2 heterocycles. The SMILES string of the molecule is CCC(=O)c1cc(Cl)ccc1OCC(=O)N1CCN(C(=O)c2cccs2)CC1.